The van der Waals surface area contributed by atoms with Crippen molar-refractivity contribution < 1.29 is 9.18 Å². The summed E-state index contributed by atoms with van der Waals surface area (Å²) >= 11 is 2.91. The predicted molar refractivity (Wildman–Crippen MR) is 108 cm³/mol. The number of aromatic amines is 1. The van der Waals surface area contributed by atoms with Crippen LogP contribution in [0.4, 0.5) is 4.39 Å². The number of para-hydroxylation sites is 2. The Morgan fingerprint density at radius 1 is 1.15 bits per heavy atom. The Bertz CT molecular complexity index is 1010. The maximum Gasteiger partial charge on any atom is 0.231 e. The van der Waals surface area contributed by atoms with Gasteiger partial charge in [0.15, 0.2) is 5.16 Å². The molecule has 1 amide bonds. The lowest BCUT2D eigenvalue weighted by atomic mass is 10.1. The third kappa shape index (κ3) is 4.20. The van der Waals surface area contributed by atoms with Gasteiger partial charge >= 0.3 is 0 Å². The molecule has 0 aliphatic rings. The lowest BCUT2D eigenvalue weighted by molar-refractivity contribution is -0.119. The molecule has 0 saturated heterocycles. The number of hydrogen-bond donors (Lipinski definition) is 2. The third-order valence-electron chi connectivity index (χ3n) is 4.04. The standard InChI is InChI=1S/C20H16FN3OS2/c21-14-9-7-13(8-10-14)19(17-6-3-11-26-17)24-18(25)12-27-20-22-15-4-1-2-5-16(15)23-20/h1-11,19H,12H2,(H,22,23)(H,24,25)/t19-/m1/s1. The van der Waals surface area contributed by atoms with Gasteiger partial charge in [0.25, 0.3) is 0 Å². The molecule has 2 N–H and O–H groups in total. The molecule has 2 aromatic heterocycles. The zero-order valence-corrected chi connectivity index (χ0v) is 15.8. The molecule has 0 bridgehead atoms. The van der Waals surface area contributed by atoms with Crippen molar-refractivity contribution in [2.24, 2.45) is 0 Å². The molecule has 4 aromatic rings. The van der Waals surface area contributed by atoms with Crippen LogP contribution >= 0.6 is 23.1 Å². The van der Waals surface area contributed by atoms with Gasteiger partial charge in [-0.05, 0) is 41.3 Å². The normalized spacial score (nSPS) is 12.2. The van der Waals surface area contributed by atoms with Crippen LogP contribution in [-0.2, 0) is 4.79 Å². The van der Waals surface area contributed by atoms with Crippen LogP contribution in [-0.4, -0.2) is 21.6 Å². The highest BCUT2D eigenvalue weighted by Crippen LogP contribution is 2.27. The average Bonchev–Trinajstić information content (AvgIpc) is 3.34. The molecule has 0 spiro atoms. The number of halogens is 1. The molecule has 2 heterocycles. The fraction of sp³-hybridized carbons (Fsp3) is 0.100. The zero-order chi connectivity index (χ0) is 18.6. The van der Waals surface area contributed by atoms with Crippen molar-refractivity contribution >= 4 is 40.0 Å². The van der Waals surface area contributed by atoms with Crippen LogP contribution in [0.2, 0.25) is 0 Å². The molecule has 136 valence electrons. The Morgan fingerprint density at radius 3 is 2.70 bits per heavy atom. The number of benzene rings is 2. The Morgan fingerprint density at radius 2 is 1.96 bits per heavy atom. The molecule has 7 heteroatoms. The zero-order valence-electron chi connectivity index (χ0n) is 14.2. The summed E-state index contributed by atoms with van der Waals surface area (Å²) in [6.07, 6.45) is 0. The van der Waals surface area contributed by atoms with Crippen LogP contribution < -0.4 is 5.32 Å². The van der Waals surface area contributed by atoms with Crippen molar-refractivity contribution in [3.8, 4) is 0 Å². The van der Waals surface area contributed by atoms with E-state index in [1.54, 1.807) is 23.5 Å². The highest BCUT2D eigenvalue weighted by molar-refractivity contribution is 7.99. The highest BCUT2D eigenvalue weighted by Gasteiger charge is 2.18. The molecule has 0 saturated carbocycles. The minimum Gasteiger partial charge on any atom is -0.344 e. The van der Waals surface area contributed by atoms with E-state index < -0.39 is 0 Å². The van der Waals surface area contributed by atoms with Gasteiger partial charge in [-0.15, -0.1) is 11.3 Å². The number of H-pyrrole nitrogens is 1. The van der Waals surface area contributed by atoms with Crippen molar-refractivity contribution in [2.45, 2.75) is 11.2 Å². The first-order valence-corrected chi connectivity index (χ1v) is 10.2. The molecule has 0 aliphatic carbocycles. The second-order valence-corrected chi connectivity index (χ2v) is 7.86. The number of imidazole rings is 1. The van der Waals surface area contributed by atoms with Crippen LogP contribution in [0.5, 0.6) is 0 Å². The number of nitrogens with zero attached hydrogens (tertiary/aromatic N) is 1. The lowest BCUT2D eigenvalue weighted by Gasteiger charge is -2.18. The van der Waals surface area contributed by atoms with Gasteiger partial charge in [-0.25, -0.2) is 9.37 Å². The second kappa shape index (κ2) is 7.94. The van der Waals surface area contributed by atoms with E-state index >= 15 is 0 Å². The van der Waals surface area contributed by atoms with Crippen LogP contribution in [0.25, 0.3) is 11.0 Å². The summed E-state index contributed by atoms with van der Waals surface area (Å²) in [5.74, 6) is -0.165. The van der Waals surface area contributed by atoms with Crippen molar-refractivity contribution in [3.05, 3.63) is 82.3 Å². The minimum atomic E-state index is -0.297. The maximum atomic E-state index is 13.3. The van der Waals surface area contributed by atoms with Gasteiger partial charge in [0, 0.05) is 4.88 Å². The first-order valence-electron chi connectivity index (χ1n) is 8.35. The number of aromatic nitrogens is 2. The van der Waals surface area contributed by atoms with Crippen LogP contribution in [0, 0.1) is 5.82 Å². The second-order valence-electron chi connectivity index (χ2n) is 5.92. The number of fused-ring (bicyclic) bond motifs is 1. The maximum absolute atomic E-state index is 13.3. The van der Waals surface area contributed by atoms with Crippen molar-refractivity contribution in [1.82, 2.24) is 15.3 Å². The van der Waals surface area contributed by atoms with Gasteiger partial charge in [-0.1, -0.05) is 42.1 Å². The minimum absolute atomic E-state index is 0.108. The number of rotatable bonds is 6. The largest absolute Gasteiger partial charge is 0.344 e. The number of thioether (sulfide) groups is 1. The fourth-order valence-corrected chi connectivity index (χ4v) is 4.26. The molecular weight excluding hydrogens is 381 g/mol. The van der Waals surface area contributed by atoms with E-state index in [1.807, 2.05) is 41.8 Å². The van der Waals surface area contributed by atoms with Gasteiger partial charge in [0.05, 0.1) is 22.8 Å². The van der Waals surface area contributed by atoms with Gasteiger partial charge in [-0.3, -0.25) is 4.79 Å². The highest BCUT2D eigenvalue weighted by atomic mass is 32.2. The van der Waals surface area contributed by atoms with Crippen molar-refractivity contribution in [3.63, 3.8) is 0 Å². The summed E-state index contributed by atoms with van der Waals surface area (Å²) in [5, 5.41) is 5.71. The molecular formula is C20H16FN3OS2. The number of hydrogen-bond acceptors (Lipinski definition) is 4. The van der Waals surface area contributed by atoms with E-state index in [-0.39, 0.29) is 23.5 Å². The van der Waals surface area contributed by atoms with E-state index in [0.717, 1.165) is 21.5 Å². The summed E-state index contributed by atoms with van der Waals surface area (Å²) < 4.78 is 13.3. The molecule has 0 aliphatic heterocycles. The molecule has 0 radical (unpaired) electrons. The smallest absolute Gasteiger partial charge is 0.231 e. The summed E-state index contributed by atoms with van der Waals surface area (Å²) in [5.41, 5.74) is 2.67. The molecule has 0 fully saturated rings. The van der Waals surface area contributed by atoms with Gasteiger partial charge in [0.2, 0.25) is 5.91 Å². The van der Waals surface area contributed by atoms with Crippen LogP contribution in [0.1, 0.15) is 16.5 Å². The number of amides is 1. The SMILES string of the molecule is O=C(CSc1nc2ccccc2[nH]1)N[C@H](c1ccc(F)cc1)c1cccs1. The van der Waals surface area contributed by atoms with E-state index in [2.05, 4.69) is 15.3 Å². The lowest BCUT2D eigenvalue weighted by Crippen LogP contribution is -2.30. The van der Waals surface area contributed by atoms with E-state index in [4.69, 9.17) is 0 Å². The van der Waals surface area contributed by atoms with Gasteiger partial charge in [0.1, 0.15) is 5.82 Å². The van der Waals surface area contributed by atoms with Crippen LogP contribution in [0.15, 0.2) is 71.2 Å². The summed E-state index contributed by atoms with van der Waals surface area (Å²) in [6.45, 7) is 0. The van der Waals surface area contributed by atoms with Gasteiger partial charge < -0.3 is 10.3 Å². The Balaban J connectivity index is 1.46. The molecule has 1 atom stereocenters. The number of carbonyl (C=O) groups excluding carboxylic acids is 1. The summed E-state index contributed by atoms with van der Waals surface area (Å²) in [7, 11) is 0. The van der Waals surface area contributed by atoms with Gasteiger partial charge in [-0.2, -0.15) is 0 Å². The molecule has 4 rings (SSSR count). The monoisotopic (exact) mass is 397 g/mol. The fourth-order valence-electron chi connectivity index (χ4n) is 2.76. The third-order valence-corrected chi connectivity index (χ3v) is 5.85. The summed E-state index contributed by atoms with van der Waals surface area (Å²) in [6, 6.07) is 17.6. The quantitative estimate of drug-likeness (QED) is 0.461. The molecule has 4 nitrogen and oxygen atoms in total. The van der Waals surface area contributed by atoms with E-state index in [1.165, 1.54) is 23.9 Å². The Kier molecular flexibility index (Phi) is 5.22. The van der Waals surface area contributed by atoms with E-state index in [0.29, 0.717) is 5.16 Å². The average molecular weight is 398 g/mol. The molecule has 0 unspecified atom stereocenters. The van der Waals surface area contributed by atoms with Crippen molar-refractivity contribution in [2.75, 3.05) is 5.75 Å². The Hall–Kier alpha value is -2.64. The number of thiophene rings is 1. The predicted octanol–water partition coefficient (Wildman–Crippen LogP) is 4.76. The summed E-state index contributed by atoms with van der Waals surface area (Å²) in [4.78, 5) is 21.2. The topological polar surface area (TPSA) is 57.8 Å². The first-order chi connectivity index (χ1) is 13.2. The number of nitrogens with one attached hydrogen (secondary N) is 2. The number of carbonyl (C=O) groups is 1. The van der Waals surface area contributed by atoms with E-state index in [9.17, 15) is 9.18 Å². The first kappa shape index (κ1) is 17.8. The Labute approximate surface area is 163 Å². The van der Waals surface area contributed by atoms with Crippen LogP contribution in [0.3, 0.4) is 0 Å². The molecule has 27 heavy (non-hydrogen) atoms. The van der Waals surface area contributed by atoms with Crippen molar-refractivity contribution in [1.29, 1.82) is 0 Å². The molecule has 2 aromatic carbocycles.